The number of hydrogen-bond acceptors (Lipinski definition) is 3. The van der Waals surface area contributed by atoms with Crippen LogP contribution >= 0.6 is 11.8 Å². The molecular formula is C15H12F3NOS. The standard InChI is InChI=1S/C15H12F3NOS/c16-15(17,18)20-11-7-5-10(6-8-11)19-13-9-21-14-4-2-1-3-12(13)14/h1-8,13,19H,9H2. The lowest BCUT2D eigenvalue weighted by Crippen LogP contribution is -2.17. The van der Waals surface area contributed by atoms with Gasteiger partial charge in [-0.3, -0.25) is 0 Å². The maximum atomic E-state index is 12.1. The van der Waals surface area contributed by atoms with E-state index < -0.39 is 6.36 Å². The minimum absolute atomic E-state index is 0.167. The zero-order valence-electron chi connectivity index (χ0n) is 10.9. The topological polar surface area (TPSA) is 21.3 Å². The molecule has 1 aliphatic rings. The van der Waals surface area contributed by atoms with Gasteiger partial charge in [0.2, 0.25) is 0 Å². The van der Waals surface area contributed by atoms with Crippen LogP contribution in [0.1, 0.15) is 11.6 Å². The van der Waals surface area contributed by atoms with Gasteiger partial charge in [-0.05, 0) is 35.9 Å². The first-order valence-corrected chi connectivity index (χ1v) is 7.34. The molecule has 2 aromatic carbocycles. The van der Waals surface area contributed by atoms with Crippen LogP contribution in [0, 0.1) is 0 Å². The molecule has 2 nitrogen and oxygen atoms in total. The van der Waals surface area contributed by atoms with E-state index in [2.05, 4.69) is 22.2 Å². The lowest BCUT2D eigenvalue weighted by molar-refractivity contribution is -0.274. The van der Waals surface area contributed by atoms with Crippen LogP contribution in [0.5, 0.6) is 5.75 Å². The van der Waals surface area contributed by atoms with Crippen molar-refractivity contribution in [2.24, 2.45) is 0 Å². The molecule has 3 rings (SSSR count). The van der Waals surface area contributed by atoms with Gasteiger partial charge in [0.1, 0.15) is 5.75 Å². The highest BCUT2D eigenvalue weighted by atomic mass is 32.2. The maximum Gasteiger partial charge on any atom is 0.573 e. The van der Waals surface area contributed by atoms with Crippen molar-refractivity contribution in [3.8, 4) is 5.75 Å². The zero-order valence-corrected chi connectivity index (χ0v) is 11.7. The summed E-state index contributed by atoms with van der Waals surface area (Å²) in [5.41, 5.74) is 1.99. The third-order valence-corrected chi connectivity index (χ3v) is 4.31. The summed E-state index contributed by atoms with van der Waals surface area (Å²) in [5, 5.41) is 3.33. The number of alkyl halides is 3. The fourth-order valence-corrected chi connectivity index (χ4v) is 3.40. The van der Waals surface area contributed by atoms with E-state index >= 15 is 0 Å². The molecule has 6 heteroatoms. The predicted molar refractivity (Wildman–Crippen MR) is 76.7 cm³/mol. The number of rotatable bonds is 3. The van der Waals surface area contributed by atoms with Crippen LogP contribution in [0.4, 0.5) is 18.9 Å². The molecule has 0 aliphatic carbocycles. The van der Waals surface area contributed by atoms with Gasteiger partial charge >= 0.3 is 6.36 Å². The van der Waals surface area contributed by atoms with E-state index in [1.54, 1.807) is 23.9 Å². The summed E-state index contributed by atoms with van der Waals surface area (Å²) >= 11 is 1.77. The Morgan fingerprint density at radius 1 is 1.05 bits per heavy atom. The van der Waals surface area contributed by atoms with Gasteiger partial charge in [-0.15, -0.1) is 24.9 Å². The van der Waals surface area contributed by atoms with Crippen molar-refractivity contribution in [2.45, 2.75) is 17.3 Å². The first kappa shape index (κ1) is 14.1. The Bertz CT molecular complexity index is 628. The molecule has 0 aromatic heterocycles. The summed E-state index contributed by atoms with van der Waals surface area (Å²) < 4.78 is 40.1. The molecule has 1 atom stereocenters. The largest absolute Gasteiger partial charge is 0.573 e. The summed E-state index contributed by atoms with van der Waals surface area (Å²) in [5.74, 6) is 0.689. The highest BCUT2D eigenvalue weighted by Crippen LogP contribution is 2.39. The second-order valence-corrected chi connectivity index (χ2v) is 5.68. The number of benzene rings is 2. The van der Waals surface area contributed by atoms with E-state index in [0.717, 1.165) is 11.4 Å². The van der Waals surface area contributed by atoms with E-state index in [-0.39, 0.29) is 11.8 Å². The van der Waals surface area contributed by atoms with E-state index in [9.17, 15) is 13.2 Å². The zero-order chi connectivity index (χ0) is 14.9. The lowest BCUT2D eigenvalue weighted by Gasteiger charge is -2.15. The highest BCUT2D eigenvalue weighted by molar-refractivity contribution is 7.99. The summed E-state index contributed by atoms with van der Waals surface area (Å²) in [7, 11) is 0. The Morgan fingerprint density at radius 3 is 2.48 bits per heavy atom. The van der Waals surface area contributed by atoms with Gasteiger partial charge < -0.3 is 10.1 Å². The first-order chi connectivity index (χ1) is 10.0. The molecule has 0 bridgehead atoms. The second kappa shape index (κ2) is 5.52. The molecule has 1 N–H and O–H groups in total. The highest BCUT2D eigenvalue weighted by Gasteiger charge is 2.31. The van der Waals surface area contributed by atoms with Gasteiger partial charge in [0.05, 0.1) is 6.04 Å². The number of ether oxygens (including phenoxy) is 1. The Balaban J connectivity index is 1.69. The quantitative estimate of drug-likeness (QED) is 0.876. The van der Waals surface area contributed by atoms with E-state index in [1.165, 1.54) is 22.6 Å². The van der Waals surface area contributed by atoms with Gasteiger partial charge in [-0.2, -0.15) is 0 Å². The Hall–Kier alpha value is -1.82. The summed E-state index contributed by atoms with van der Waals surface area (Å²) in [4.78, 5) is 1.24. The van der Waals surface area contributed by atoms with Crippen molar-refractivity contribution >= 4 is 17.4 Å². The summed E-state index contributed by atoms with van der Waals surface area (Å²) in [6, 6.07) is 14.1. The third-order valence-electron chi connectivity index (χ3n) is 3.13. The second-order valence-electron chi connectivity index (χ2n) is 4.62. The van der Waals surface area contributed by atoms with Crippen molar-refractivity contribution in [1.29, 1.82) is 0 Å². The Morgan fingerprint density at radius 2 is 1.76 bits per heavy atom. The molecule has 0 fully saturated rings. The fourth-order valence-electron chi connectivity index (χ4n) is 2.24. The van der Waals surface area contributed by atoms with Crippen LogP contribution in [0.2, 0.25) is 0 Å². The van der Waals surface area contributed by atoms with Crippen LogP contribution < -0.4 is 10.1 Å². The molecule has 110 valence electrons. The molecule has 0 radical (unpaired) electrons. The van der Waals surface area contributed by atoms with Crippen molar-refractivity contribution in [3.63, 3.8) is 0 Å². The summed E-state index contributed by atoms with van der Waals surface area (Å²) in [6.45, 7) is 0. The van der Waals surface area contributed by atoms with Gasteiger partial charge in [-0.25, -0.2) is 0 Å². The van der Waals surface area contributed by atoms with Crippen LogP contribution in [-0.2, 0) is 0 Å². The number of fused-ring (bicyclic) bond motifs is 1. The SMILES string of the molecule is FC(F)(F)Oc1ccc(NC2CSc3ccccc32)cc1. The molecular weight excluding hydrogens is 299 g/mol. The first-order valence-electron chi connectivity index (χ1n) is 6.35. The molecule has 1 heterocycles. The lowest BCUT2D eigenvalue weighted by atomic mass is 10.1. The molecule has 0 saturated carbocycles. The average molecular weight is 311 g/mol. The number of hydrogen-bond donors (Lipinski definition) is 1. The van der Waals surface area contributed by atoms with Crippen LogP contribution in [0.3, 0.4) is 0 Å². The fraction of sp³-hybridized carbons (Fsp3) is 0.200. The molecule has 0 saturated heterocycles. The molecule has 0 amide bonds. The normalized spacial score (nSPS) is 17.4. The van der Waals surface area contributed by atoms with Gasteiger partial charge in [0.25, 0.3) is 0 Å². The average Bonchev–Trinajstić information content (AvgIpc) is 2.83. The molecule has 1 unspecified atom stereocenters. The van der Waals surface area contributed by atoms with Crippen LogP contribution in [-0.4, -0.2) is 12.1 Å². The molecule has 2 aromatic rings. The van der Waals surface area contributed by atoms with Crippen molar-refractivity contribution < 1.29 is 17.9 Å². The number of thioether (sulfide) groups is 1. The number of anilines is 1. The molecule has 1 aliphatic heterocycles. The number of nitrogens with one attached hydrogen (secondary N) is 1. The van der Waals surface area contributed by atoms with E-state index in [0.29, 0.717) is 0 Å². The van der Waals surface area contributed by atoms with Gasteiger partial charge in [-0.1, -0.05) is 18.2 Å². The number of halogens is 3. The van der Waals surface area contributed by atoms with E-state index in [4.69, 9.17) is 0 Å². The van der Waals surface area contributed by atoms with Gasteiger partial charge in [0.15, 0.2) is 0 Å². The van der Waals surface area contributed by atoms with Gasteiger partial charge in [0, 0.05) is 16.3 Å². The van der Waals surface area contributed by atoms with Crippen LogP contribution in [0.25, 0.3) is 0 Å². The maximum absolute atomic E-state index is 12.1. The Kier molecular flexibility index (Phi) is 3.71. The van der Waals surface area contributed by atoms with Crippen molar-refractivity contribution in [1.82, 2.24) is 0 Å². The van der Waals surface area contributed by atoms with E-state index in [1.807, 2.05) is 12.1 Å². The Labute approximate surface area is 124 Å². The van der Waals surface area contributed by atoms with Crippen molar-refractivity contribution in [2.75, 3.05) is 11.1 Å². The molecule has 21 heavy (non-hydrogen) atoms. The molecule has 0 spiro atoms. The van der Waals surface area contributed by atoms with Crippen molar-refractivity contribution in [3.05, 3.63) is 54.1 Å². The predicted octanol–water partition coefficient (Wildman–Crippen LogP) is 4.84. The van der Waals surface area contributed by atoms with Crippen LogP contribution in [0.15, 0.2) is 53.4 Å². The minimum Gasteiger partial charge on any atom is -0.406 e. The monoisotopic (exact) mass is 311 g/mol. The smallest absolute Gasteiger partial charge is 0.406 e. The third kappa shape index (κ3) is 3.44. The summed E-state index contributed by atoms with van der Waals surface area (Å²) in [6.07, 6.45) is -4.66. The minimum atomic E-state index is -4.66.